The van der Waals surface area contributed by atoms with Gasteiger partial charge in [-0.3, -0.25) is 9.59 Å². The Bertz CT molecular complexity index is 814. The van der Waals surface area contributed by atoms with Gasteiger partial charge in [-0.1, -0.05) is 24.3 Å². The maximum absolute atomic E-state index is 13.0. The monoisotopic (exact) mass is 309 g/mol. The highest BCUT2D eigenvalue weighted by Crippen LogP contribution is 2.37. The molecule has 0 radical (unpaired) electrons. The van der Waals surface area contributed by atoms with Crippen molar-refractivity contribution in [2.75, 3.05) is 6.79 Å². The van der Waals surface area contributed by atoms with Crippen molar-refractivity contribution in [2.24, 2.45) is 0 Å². The summed E-state index contributed by atoms with van der Waals surface area (Å²) in [4.78, 5) is 25.3. The van der Waals surface area contributed by atoms with Crippen LogP contribution < -0.4 is 14.8 Å². The number of amides is 1. The van der Waals surface area contributed by atoms with Gasteiger partial charge < -0.3 is 14.8 Å². The van der Waals surface area contributed by atoms with Crippen LogP contribution in [0.1, 0.15) is 39.1 Å². The fraction of sp³-hybridized carbons (Fsp3) is 0.222. The van der Waals surface area contributed by atoms with Crippen molar-refractivity contribution in [2.45, 2.75) is 18.9 Å². The third kappa shape index (κ3) is 2.16. The smallest absolute Gasteiger partial charge is 0.252 e. The number of ketones is 1. The summed E-state index contributed by atoms with van der Waals surface area (Å²) in [6.07, 6.45) is 0. The number of fused-ring (bicyclic) bond motifs is 2. The summed E-state index contributed by atoms with van der Waals surface area (Å²) in [6, 6.07) is 12.1. The van der Waals surface area contributed by atoms with Crippen molar-refractivity contribution in [1.82, 2.24) is 5.32 Å². The molecule has 116 valence electrons. The molecular weight excluding hydrogens is 294 g/mol. The number of nitrogens with one attached hydrogen (secondary N) is 1. The van der Waals surface area contributed by atoms with Crippen LogP contribution in [-0.2, 0) is 0 Å². The Morgan fingerprint density at radius 3 is 2.57 bits per heavy atom. The first-order chi connectivity index (χ1) is 11.1. The zero-order chi connectivity index (χ0) is 16.0. The molecule has 0 saturated carbocycles. The number of ether oxygens (including phenoxy) is 2. The van der Waals surface area contributed by atoms with Gasteiger partial charge in [0.15, 0.2) is 17.3 Å². The third-order valence-electron chi connectivity index (χ3n) is 4.33. The molecule has 0 spiro atoms. The van der Waals surface area contributed by atoms with Gasteiger partial charge in [0.25, 0.3) is 5.91 Å². The van der Waals surface area contributed by atoms with Crippen molar-refractivity contribution < 1.29 is 19.1 Å². The van der Waals surface area contributed by atoms with Gasteiger partial charge in [-0.25, -0.2) is 0 Å². The molecule has 2 aliphatic rings. The van der Waals surface area contributed by atoms with E-state index in [1.54, 1.807) is 30.3 Å². The number of hydrogen-bond donors (Lipinski definition) is 1. The summed E-state index contributed by atoms with van der Waals surface area (Å²) < 4.78 is 10.7. The highest BCUT2D eigenvalue weighted by molar-refractivity contribution is 6.12. The lowest BCUT2D eigenvalue weighted by Gasteiger charge is -2.21. The van der Waals surface area contributed by atoms with Gasteiger partial charge in [0.1, 0.15) is 0 Å². The Morgan fingerprint density at radius 2 is 1.74 bits per heavy atom. The molecule has 2 aromatic rings. The fourth-order valence-electron chi connectivity index (χ4n) is 3.21. The van der Waals surface area contributed by atoms with E-state index in [-0.39, 0.29) is 24.5 Å². The lowest BCUT2D eigenvalue weighted by atomic mass is 9.85. The SMILES string of the molecule is C[C@H]1NC(=O)c2ccccc2C(=O)[C@@H]1c1ccc2c(c1)OCO2. The van der Waals surface area contributed by atoms with E-state index in [1.165, 1.54) is 0 Å². The molecule has 0 aliphatic carbocycles. The number of carbonyl (C=O) groups excluding carboxylic acids is 2. The average molecular weight is 309 g/mol. The van der Waals surface area contributed by atoms with Crippen molar-refractivity contribution >= 4 is 11.7 Å². The van der Waals surface area contributed by atoms with Crippen LogP contribution in [0.15, 0.2) is 42.5 Å². The van der Waals surface area contributed by atoms with Crippen LogP contribution in [0.3, 0.4) is 0 Å². The van der Waals surface area contributed by atoms with Crippen LogP contribution in [0, 0.1) is 0 Å². The average Bonchev–Trinajstić information content (AvgIpc) is 2.99. The standard InChI is InChI=1S/C18H15NO4/c1-10-16(11-6-7-14-15(8-11)23-9-22-14)17(20)12-4-2-3-5-13(12)18(21)19-10/h2-8,10,16H,9H2,1H3,(H,19,21)/t10-,16+/m1/s1. The molecule has 1 N–H and O–H groups in total. The number of Topliss-reactive ketones (excluding diaryl/α,β-unsaturated/α-hetero) is 1. The number of rotatable bonds is 1. The second-order valence-corrected chi connectivity index (χ2v) is 5.76. The number of benzene rings is 2. The Kier molecular flexibility index (Phi) is 3.08. The second kappa shape index (κ2) is 5.12. The van der Waals surface area contributed by atoms with Gasteiger partial charge in [-0.2, -0.15) is 0 Å². The van der Waals surface area contributed by atoms with Crippen LogP contribution in [0.2, 0.25) is 0 Å². The molecule has 0 fully saturated rings. The Labute approximate surface area is 133 Å². The minimum absolute atomic E-state index is 0.0645. The van der Waals surface area contributed by atoms with E-state index in [0.29, 0.717) is 22.6 Å². The molecule has 2 atom stereocenters. The minimum Gasteiger partial charge on any atom is -0.454 e. The van der Waals surface area contributed by atoms with Gasteiger partial charge >= 0.3 is 0 Å². The zero-order valence-corrected chi connectivity index (χ0v) is 12.5. The highest BCUT2D eigenvalue weighted by Gasteiger charge is 2.35. The topological polar surface area (TPSA) is 64.6 Å². The van der Waals surface area contributed by atoms with Crippen molar-refractivity contribution in [3.05, 3.63) is 59.2 Å². The van der Waals surface area contributed by atoms with Crippen LogP contribution in [0.25, 0.3) is 0 Å². The summed E-state index contributed by atoms with van der Waals surface area (Å²) in [7, 11) is 0. The van der Waals surface area contributed by atoms with Crippen molar-refractivity contribution in [3.63, 3.8) is 0 Å². The molecule has 5 heteroatoms. The number of hydrogen-bond acceptors (Lipinski definition) is 4. The van der Waals surface area contributed by atoms with Crippen LogP contribution >= 0.6 is 0 Å². The molecular formula is C18H15NO4. The molecule has 23 heavy (non-hydrogen) atoms. The van der Waals surface area contributed by atoms with E-state index in [4.69, 9.17) is 9.47 Å². The lowest BCUT2D eigenvalue weighted by molar-refractivity contribution is 0.0926. The van der Waals surface area contributed by atoms with Gasteiger partial charge in [0.2, 0.25) is 6.79 Å². The predicted octanol–water partition coefficient (Wildman–Crippen LogP) is 2.51. The molecule has 0 saturated heterocycles. The van der Waals surface area contributed by atoms with E-state index in [0.717, 1.165) is 5.56 Å². The molecule has 0 unspecified atom stereocenters. The van der Waals surface area contributed by atoms with E-state index in [1.807, 2.05) is 19.1 Å². The Balaban J connectivity index is 1.82. The van der Waals surface area contributed by atoms with Crippen molar-refractivity contribution in [1.29, 1.82) is 0 Å². The first kappa shape index (κ1) is 13.8. The molecule has 0 aromatic heterocycles. The van der Waals surface area contributed by atoms with Crippen LogP contribution in [0.5, 0.6) is 11.5 Å². The van der Waals surface area contributed by atoms with E-state index in [9.17, 15) is 9.59 Å². The van der Waals surface area contributed by atoms with Gasteiger partial charge in [0, 0.05) is 11.6 Å². The zero-order valence-electron chi connectivity index (χ0n) is 12.5. The quantitative estimate of drug-likeness (QED) is 0.879. The molecule has 1 amide bonds. The van der Waals surface area contributed by atoms with E-state index >= 15 is 0 Å². The maximum Gasteiger partial charge on any atom is 0.252 e. The molecule has 0 bridgehead atoms. The second-order valence-electron chi connectivity index (χ2n) is 5.76. The molecule has 4 rings (SSSR count). The Morgan fingerprint density at radius 1 is 1.00 bits per heavy atom. The number of carbonyl (C=O) groups is 2. The summed E-state index contributed by atoms with van der Waals surface area (Å²) in [5.74, 6) is 0.561. The van der Waals surface area contributed by atoms with Crippen LogP contribution in [-0.4, -0.2) is 24.5 Å². The van der Waals surface area contributed by atoms with E-state index in [2.05, 4.69) is 5.32 Å². The largest absolute Gasteiger partial charge is 0.454 e. The predicted molar refractivity (Wildman–Crippen MR) is 83.0 cm³/mol. The molecule has 2 heterocycles. The molecule has 2 aliphatic heterocycles. The van der Waals surface area contributed by atoms with Gasteiger partial charge in [0.05, 0.1) is 11.5 Å². The lowest BCUT2D eigenvalue weighted by Crippen LogP contribution is -2.36. The molecule has 2 aromatic carbocycles. The summed E-state index contributed by atoms with van der Waals surface area (Å²) >= 11 is 0. The summed E-state index contributed by atoms with van der Waals surface area (Å²) in [5, 5.41) is 2.91. The van der Waals surface area contributed by atoms with Gasteiger partial charge in [-0.15, -0.1) is 0 Å². The van der Waals surface area contributed by atoms with Crippen LogP contribution in [0.4, 0.5) is 0 Å². The first-order valence-electron chi connectivity index (χ1n) is 7.49. The third-order valence-corrected chi connectivity index (χ3v) is 4.33. The Hall–Kier alpha value is -2.82. The summed E-state index contributed by atoms with van der Waals surface area (Å²) in [5.41, 5.74) is 1.69. The minimum atomic E-state index is -0.461. The normalized spacial score (nSPS) is 22.3. The molecule has 5 nitrogen and oxygen atoms in total. The van der Waals surface area contributed by atoms with Crippen molar-refractivity contribution in [3.8, 4) is 11.5 Å². The first-order valence-corrected chi connectivity index (χ1v) is 7.49. The maximum atomic E-state index is 13.0. The van der Waals surface area contributed by atoms with Gasteiger partial charge in [-0.05, 0) is 30.7 Å². The highest BCUT2D eigenvalue weighted by atomic mass is 16.7. The fourth-order valence-corrected chi connectivity index (χ4v) is 3.21. The van der Waals surface area contributed by atoms with E-state index < -0.39 is 5.92 Å². The summed E-state index contributed by atoms with van der Waals surface area (Å²) in [6.45, 7) is 2.03.